The first-order chi connectivity index (χ1) is 9.65. The molecule has 1 aromatic carbocycles. The smallest absolute Gasteiger partial charge is 0.126 e. The van der Waals surface area contributed by atoms with Crippen LogP contribution in [0.25, 0.3) is 0 Å². The van der Waals surface area contributed by atoms with Crippen LogP contribution in [0.5, 0.6) is 5.75 Å². The molecule has 0 aliphatic carbocycles. The number of aromatic nitrogens is 2. The lowest BCUT2D eigenvalue weighted by Gasteiger charge is -2.09. The number of nitrogens with two attached hydrogens (primary N) is 1. The van der Waals surface area contributed by atoms with E-state index >= 15 is 0 Å². The number of hydrogen-bond donors (Lipinski definition) is 2. The van der Waals surface area contributed by atoms with E-state index in [0.717, 1.165) is 35.4 Å². The van der Waals surface area contributed by atoms with Gasteiger partial charge in [0.2, 0.25) is 0 Å². The molecule has 20 heavy (non-hydrogen) atoms. The van der Waals surface area contributed by atoms with Crippen LogP contribution < -0.4 is 10.5 Å². The highest BCUT2D eigenvalue weighted by atomic mass is 16.5. The maximum absolute atomic E-state index is 7.61. The fraction of sp³-hybridized carbons (Fsp3) is 0.333. The molecule has 0 atom stereocenters. The number of nitrogen functional groups attached to an aromatic ring is 1. The molecule has 0 unspecified atom stereocenters. The molecule has 5 nitrogen and oxygen atoms in total. The fourth-order valence-corrected chi connectivity index (χ4v) is 2.18. The summed E-state index contributed by atoms with van der Waals surface area (Å²) in [4.78, 5) is 0. The summed E-state index contributed by atoms with van der Waals surface area (Å²) < 4.78 is 7.07. The van der Waals surface area contributed by atoms with Crippen molar-refractivity contribution in [3.05, 3.63) is 47.3 Å². The van der Waals surface area contributed by atoms with E-state index in [0.29, 0.717) is 6.54 Å². The van der Waals surface area contributed by atoms with E-state index < -0.39 is 0 Å². The first-order valence-corrected chi connectivity index (χ1v) is 6.67. The molecule has 106 valence electrons. The molecule has 0 amide bonds. The maximum atomic E-state index is 7.61. The van der Waals surface area contributed by atoms with Crippen LogP contribution in [0, 0.1) is 5.41 Å². The maximum Gasteiger partial charge on any atom is 0.126 e. The molecule has 1 aromatic heterocycles. The topological polar surface area (TPSA) is 76.9 Å². The second kappa shape index (κ2) is 6.23. The van der Waals surface area contributed by atoms with Gasteiger partial charge in [0.15, 0.2) is 0 Å². The summed E-state index contributed by atoms with van der Waals surface area (Å²) >= 11 is 0. The van der Waals surface area contributed by atoms with E-state index in [4.69, 9.17) is 15.9 Å². The van der Waals surface area contributed by atoms with Gasteiger partial charge in [-0.05, 0) is 24.1 Å². The Morgan fingerprint density at radius 2 is 2.05 bits per heavy atom. The highest BCUT2D eigenvalue weighted by Gasteiger charge is 2.12. The lowest BCUT2D eigenvalue weighted by Crippen LogP contribution is -2.15. The Morgan fingerprint density at radius 3 is 2.60 bits per heavy atom. The van der Waals surface area contributed by atoms with E-state index in [1.54, 1.807) is 13.3 Å². The van der Waals surface area contributed by atoms with Crippen molar-refractivity contribution >= 4 is 5.84 Å². The van der Waals surface area contributed by atoms with Gasteiger partial charge in [0.1, 0.15) is 11.6 Å². The number of ether oxygens (including phenoxy) is 1. The van der Waals surface area contributed by atoms with Crippen LogP contribution in [-0.2, 0) is 13.0 Å². The van der Waals surface area contributed by atoms with Crippen molar-refractivity contribution in [3.8, 4) is 5.75 Å². The quantitative estimate of drug-likeness (QED) is 0.625. The minimum absolute atomic E-state index is 0.0782. The van der Waals surface area contributed by atoms with E-state index in [9.17, 15) is 0 Å². The summed E-state index contributed by atoms with van der Waals surface area (Å²) in [5.41, 5.74) is 8.50. The van der Waals surface area contributed by atoms with Crippen LogP contribution in [0.2, 0.25) is 0 Å². The number of nitrogens with one attached hydrogen (secondary N) is 1. The molecular formula is C15H20N4O. The molecule has 1 heterocycles. The monoisotopic (exact) mass is 272 g/mol. The third-order valence-corrected chi connectivity index (χ3v) is 3.22. The minimum Gasteiger partial charge on any atom is -0.497 e. The third kappa shape index (κ3) is 2.99. The van der Waals surface area contributed by atoms with Crippen molar-refractivity contribution in [2.45, 2.75) is 26.3 Å². The van der Waals surface area contributed by atoms with Gasteiger partial charge in [-0.15, -0.1) is 0 Å². The highest BCUT2D eigenvalue weighted by molar-refractivity contribution is 5.95. The molecule has 2 aromatic rings. The van der Waals surface area contributed by atoms with Crippen molar-refractivity contribution < 1.29 is 4.74 Å². The largest absolute Gasteiger partial charge is 0.497 e. The van der Waals surface area contributed by atoms with Gasteiger partial charge in [0, 0.05) is 5.69 Å². The molecule has 0 saturated heterocycles. The lowest BCUT2D eigenvalue weighted by molar-refractivity contribution is 0.414. The average molecular weight is 272 g/mol. The van der Waals surface area contributed by atoms with Gasteiger partial charge < -0.3 is 10.5 Å². The van der Waals surface area contributed by atoms with Gasteiger partial charge >= 0.3 is 0 Å². The Labute approximate surface area is 118 Å². The van der Waals surface area contributed by atoms with Crippen molar-refractivity contribution in [1.29, 1.82) is 5.41 Å². The van der Waals surface area contributed by atoms with Crippen LogP contribution >= 0.6 is 0 Å². The van der Waals surface area contributed by atoms with Crippen molar-refractivity contribution in [2.24, 2.45) is 5.73 Å². The number of amidine groups is 1. The molecule has 0 radical (unpaired) electrons. The van der Waals surface area contributed by atoms with E-state index in [1.165, 1.54) is 0 Å². The normalized spacial score (nSPS) is 10.5. The fourth-order valence-electron chi connectivity index (χ4n) is 2.18. The summed E-state index contributed by atoms with van der Waals surface area (Å²) in [6, 6.07) is 7.90. The summed E-state index contributed by atoms with van der Waals surface area (Å²) in [5.74, 6) is 0.918. The zero-order chi connectivity index (χ0) is 14.5. The van der Waals surface area contributed by atoms with Crippen molar-refractivity contribution in [2.75, 3.05) is 7.11 Å². The Hall–Kier alpha value is -2.30. The van der Waals surface area contributed by atoms with E-state index in [1.807, 2.05) is 28.9 Å². The third-order valence-electron chi connectivity index (χ3n) is 3.22. The first kappa shape index (κ1) is 14.1. The molecule has 0 aliphatic rings. The van der Waals surface area contributed by atoms with Crippen LogP contribution in [0.3, 0.4) is 0 Å². The summed E-state index contributed by atoms with van der Waals surface area (Å²) in [5, 5.41) is 12.0. The lowest BCUT2D eigenvalue weighted by atomic mass is 10.1. The second-order valence-electron chi connectivity index (χ2n) is 4.67. The molecule has 0 bridgehead atoms. The average Bonchev–Trinajstić information content (AvgIpc) is 2.83. The molecular weight excluding hydrogens is 252 g/mol. The Bertz CT molecular complexity index is 586. The molecule has 2 rings (SSSR count). The van der Waals surface area contributed by atoms with Crippen molar-refractivity contribution in [3.63, 3.8) is 0 Å². The predicted molar refractivity (Wildman–Crippen MR) is 79.3 cm³/mol. The molecule has 3 N–H and O–H groups in total. The number of rotatable bonds is 6. The van der Waals surface area contributed by atoms with Gasteiger partial charge in [-0.3, -0.25) is 10.1 Å². The molecule has 0 saturated carbocycles. The molecule has 0 spiro atoms. The number of benzene rings is 1. The summed E-state index contributed by atoms with van der Waals surface area (Å²) in [7, 11) is 1.65. The van der Waals surface area contributed by atoms with E-state index in [2.05, 4.69) is 12.0 Å². The van der Waals surface area contributed by atoms with Gasteiger partial charge in [0.25, 0.3) is 0 Å². The minimum atomic E-state index is 0.0782. The van der Waals surface area contributed by atoms with Crippen LogP contribution in [0.1, 0.15) is 30.2 Å². The first-order valence-electron chi connectivity index (χ1n) is 6.67. The molecule has 0 fully saturated rings. The zero-order valence-corrected chi connectivity index (χ0v) is 11.9. The molecule has 5 heteroatoms. The van der Waals surface area contributed by atoms with Crippen LogP contribution in [-0.4, -0.2) is 22.7 Å². The Kier molecular flexibility index (Phi) is 4.40. The number of methoxy groups -OCH3 is 1. The van der Waals surface area contributed by atoms with Crippen molar-refractivity contribution in [1.82, 2.24) is 9.78 Å². The second-order valence-corrected chi connectivity index (χ2v) is 4.67. The standard InChI is InChI=1S/C15H20N4O/c1-3-4-14-13(15(16)17)9-18-19(14)10-11-5-7-12(20-2)8-6-11/h5-9H,3-4,10H2,1-2H3,(H3,16,17). The number of nitrogens with zero attached hydrogens (tertiary/aromatic N) is 2. The van der Waals surface area contributed by atoms with Crippen LogP contribution in [0.4, 0.5) is 0 Å². The summed E-state index contributed by atoms with van der Waals surface area (Å²) in [6.45, 7) is 2.78. The van der Waals surface area contributed by atoms with Gasteiger partial charge in [-0.1, -0.05) is 25.5 Å². The van der Waals surface area contributed by atoms with E-state index in [-0.39, 0.29) is 5.84 Å². The predicted octanol–water partition coefficient (Wildman–Crippen LogP) is 2.18. The highest BCUT2D eigenvalue weighted by Crippen LogP contribution is 2.15. The van der Waals surface area contributed by atoms with Gasteiger partial charge in [-0.25, -0.2) is 0 Å². The zero-order valence-electron chi connectivity index (χ0n) is 11.9. The Morgan fingerprint density at radius 1 is 1.35 bits per heavy atom. The molecule has 0 aliphatic heterocycles. The van der Waals surface area contributed by atoms with Gasteiger partial charge in [0.05, 0.1) is 25.4 Å². The Balaban J connectivity index is 2.25. The van der Waals surface area contributed by atoms with Gasteiger partial charge in [-0.2, -0.15) is 5.10 Å². The number of hydrogen-bond acceptors (Lipinski definition) is 3. The van der Waals surface area contributed by atoms with Crippen LogP contribution in [0.15, 0.2) is 30.5 Å². The SMILES string of the molecule is CCCc1c(C(=N)N)cnn1Cc1ccc(OC)cc1. The summed E-state index contributed by atoms with van der Waals surface area (Å²) in [6.07, 6.45) is 3.54.